The van der Waals surface area contributed by atoms with Crippen LogP contribution in [0.25, 0.3) is 0 Å². The third kappa shape index (κ3) is 3.35. The molecule has 2 aliphatic rings. The van der Waals surface area contributed by atoms with Crippen molar-refractivity contribution in [3.63, 3.8) is 0 Å². The van der Waals surface area contributed by atoms with Crippen LogP contribution in [0.4, 0.5) is 0 Å². The second-order valence-electron chi connectivity index (χ2n) is 5.97. The summed E-state index contributed by atoms with van der Waals surface area (Å²) in [5.41, 5.74) is 1.13. The van der Waals surface area contributed by atoms with Gasteiger partial charge in [0.1, 0.15) is 17.5 Å². The van der Waals surface area contributed by atoms with E-state index in [1.54, 1.807) is 6.07 Å². The van der Waals surface area contributed by atoms with Crippen molar-refractivity contribution >= 4 is 5.78 Å². The highest BCUT2D eigenvalue weighted by Gasteiger charge is 2.32. The lowest BCUT2D eigenvalue weighted by molar-refractivity contribution is -0.162. The Morgan fingerprint density at radius 3 is 2.87 bits per heavy atom. The van der Waals surface area contributed by atoms with Crippen LogP contribution in [0, 0.1) is 4.91 Å². The van der Waals surface area contributed by atoms with Gasteiger partial charge in [-0.25, -0.2) is 0 Å². The number of phenolic OH excluding ortho intramolecular Hbond substituents is 1. The molecule has 3 atom stereocenters. The fourth-order valence-electron chi connectivity index (χ4n) is 3.19. The van der Waals surface area contributed by atoms with E-state index in [0.717, 1.165) is 12.0 Å². The van der Waals surface area contributed by atoms with E-state index >= 15 is 0 Å². The van der Waals surface area contributed by atoms with E-state index in [0.29, 0.717) is 30.6 Å². The number of aliphatic hydroxyl groups is 1. The molecule has 1 heterocycles. The van der Waals surface area contributed by atoms with Gasteiger partial charge < -0.3 is 19.7 Å². The number of phenols is 1. The SMILES string of the molecule is O=N[C@H]1C[C@@H](CO)O[C@@H](Oc2cc(O)c3c(c2)CCCC3=O)C1. The zero-order valence-electron chi connectivity index (χ0n) is 12.6. The molecule has 7 nitrogen and oxygen atoms in total. The number of benzene rings is 1. The van der Waals surface area contributed by atoms with Crippen molar-refractivity contribution in [1.82, 2.24) is 0 Å². The van der Waals surface area contributed by atoms with E-state index in [9.17, 15) is 19.9 Å². The number of Topliss-reactive ketones (excluding diaryl/α,β-unsaturated/α-hetero) is 1. The number of nitroso groups, excluding NO2 is 1. The molecule has 2 N–H and O–H groups in total. The van der Waals surface area contributed by atoms with Gasteiger partial charge in [-0.2, -0.15) is 4.91 Å². The first-order chi connectivity index (χ1) is 11.1. The molecule has 0 radical (unpaired) electrons. The Morgan fingerprint density at radius 1 is 1.30 bits per heavy atom. The van der Waals surface area contributed by atoms with Crippen LogP contribution in [0.2, 0.25) is 0 Å². The average Bonchev–Trinajstić information content (AvgIpc) is 2.54. The van der Waals surface area contributed by atoms with Crippen LogP contribution in [0.15, 0.2) is 17.3 Å². The lowest BCUT2D eigenvalue weighted by Crippen LogP contribution is -2.39. The number of rotatable bonds is 4. The van der Waals surface area contributed by atoms with Gasteiger partial charge in [0.2, 0.25) is 6.29 Å². The molecule has 1 aliphatic heterocycles. The maximum atomic E-state index is 11.9. The van der Waals surface area contributed by atoms with Crippen molar-refractivity contribution in [1.29, 1.82) is 0 Å². The number of fused-ring (bicyclic) bond motifs is 1. The van der Waals surface area contributed by atoms with E-state index < -0.39 is 18.4 Å². The summed E-state index contributed by atoms with van der Waals surface area (Å²) in [5, 5.41) is 22.3. The summed E-state index contributed by atoms with van der Waals surface area (Å²) in [6.45, 7) is -0.212. The zero-order valence-corrected chi connectivity index (χ0v) is 12.6. The van der Waals surface area contributed by atoms with Crippen molar-refractivity contribution in [3.8, 4) is 11.5 Å². The number of aryl methyl sites for hydroxylation is 1. The molecule has 7 heteroatoms. The van der Waals surface area contributed by atoms with Gasteiger partial charge in [-0.15, -0.1) is 0 Å². The van der Waals surface area contributed by atoms with Gasteiger partial charge in [-0.1, -0.05) is 5.18 Å². The maximum Gasteiger partial charge on any atom is 0.202 e. The van der Waals surface area contributed by atoms with Crippen LogP contribution in [0.1, 0.15) is 41.6 Å². The van der Waals surface area contributed by atoms with Gasteiger partial charge in [0.05, 0.1) is 18.3 Å². The largest absolute Gasteiger partial charge is 0.507 e. The molecule has 1 aromatic carbocycles. The Bertz CT molecular complexity index is 617. The molecule has 0 bridgehead atoms. The molecule has 0 saturated carbocycles. The van der Waals surface area contributed by atoms with Crippen molar-refractivity contribution in [2.24, 2.45) is 5.18 Å². The minimum atomic E-state index is -0.722. The van der Waals surface area contributed by atoms with Crippen molar-refractivity contribution in [2.75, 3.05) is 6.61 Å². The van der Waals surface area contributed by atoms with Crippen LogP contribution >= 0.6 is 0 Å². The lowest BCUT2D eigenvalue weighted by Gasteiger charge is -2.31. The first-order valence-electron chi connectivity index (χ1n) is 7.75. The minimum absolute atomic E-state index is 0.0604. The summed E-state index contributed by atoms with van der Waals surface area (Å²) in [6.07, 6.45) is 1.33. The van der Waals surface area contributed by atoms with E-state index in [4.69, 9.17) is 9.47 Å². The molecular formula is C16H19NO6. The lowest BCUT2D eigenvalue weighted by atomic mass is 9.90. The zero-order chi connectivity index (χ0) is 16.4. The van der Waals surface area contributed by atoms with E-state index in [2.05, 4.69) is 5.18 Å². The summed E-state index contributed by atoms with van der Waals surface area (Å²) in [4.78, 5) is 22.7. The number of hydrogen-bond donors (Lipinski definition) is 2. The first-order valence-corrected chi connectivity index (χ1v) is 7.75. The average molecular weight is 321 g/mol. The Kier molecular flexibility index (Phi) is 4.58. The van der Waals surface area contributed by atoms with Crippen molar-refractivity contribution in [3.05, 3.63) is 28.2 Å². The van der Waals surface area contributed by atoms with Crippen LogP contribution in [-0.2, 0) is 11.2 Å². The van der Waals surface area contributed by atoms with Gasteiger partial charge in [0.25, 0.3) is 0 Å². The molecule has 1 aliphatic carbocycles. The molecule has 3 rings (SSSR count). The molecule has 0 spiro atoms. The monoisotopic (exact) mass is 321 g/mol. The van der Waals surface area contributed by atoms with Gasteiger partial charge in [-0.05, 0) is 24.5 Å². The van der Waals surface area contributed by atoms with Gasteiger partial charge in [0, 0.05) is 25.3 Å². The highest BCUT2D eigenvalue weighted by molar-refractivity contribution is 6.01. The Balaban J connectivity index is 1.78. The molecule has 124 valence electrons. The number of carbonyl (C=O) groups is 1. The summed E-state index contributed by atoms with van der Waals surface area (Å²) in [6, 6.07) is 2.64. The van der Waals surface area contributed by atoms with Crippen molar-refractivity contribution < 1.29 is 24.5 Å². The van der Waals surface area contributed by atoms with Crippen molar-refractivity contribution in [2.45, 2.75) is 50.5 Å². The Morgan fingerprint density at radius 2 is 2.13 bits per heavy atom. The predicted molar refractivity (Wildman–Crippen MR) is 80.6 cm³/mol. The third-order valence-corrected chi connectivity index (χ3v) is 4.27. The molecule has 0 amide bonds. The summed E-state index contributed by atoms with van der Waals surface area (Å²) in [7, 11) is 0. The molecule has 23 heavy (non-hydrogen) atoms. The summed E-state index contributed by atoms with van der Waals surface area (Å²) >= 11 is 0. The summed E-state index contributed by atoms with van der Waals surface area (Å²) < 4.78 is 11.3. The first kappa shape index (κ1) is 15.9. The third-order valence-electron chi connectivity index (χ3n) is 4.27. The fraction of sp³-hybridized carbons (Fsp3) is 0.562. The normalized spacial score (nSPS) is 27.3. The predicted octanol–water partition coefficient (Wildman–Crippen LogP) is 1.92. The molecule has 1 aromatic rings. The molecule has 0 unspecified atom stereocenters. The number of aromatic hydroxyl groups is 1. The van der Waals surface area contributed by atoms with E-state index in [-0.39, 0.29) is 24.6 Å². The van der Waals surface area contributed by atoms with Crippen LogP contribution in [-0.4, -0.2) is 41.0 Å². The van der Waals surface area contributed by atoms with Crippen LogP contribution in [0.3, 0.4) is 0 Å². The molecular weight excluding hydrogens is 302 g/mol. The topological polar surface area (TPSA) is 105 Å². The van der Waals surface area contributed by atoms with Gasteiger partial charge in [-0.3, -0.25) is 4.79 Å². The highest BCUT2D eigenvalue weighted by atomic mass is 16.7. The smallest absolute Gasteiger partial charge is 0.202 e. The number of carbonyl (C=O) groups excluding carboxylic acids is 1. The van der Waals surface area contributed by atoms with Gasteiger partial charge >= 0.3 is 0 Å². The molecule has 1 fully saturated rings. The fourth-order valence-corrected chi connectivity index (χ4v) is 3.19. The molecule has 0 aromatic heterocycles. The van der Waals surface area contributed by atoms with E-state index in [1.165, 1.54) is 6.07 Å². The number of ether oxygens (including phenoxy) is 2. The quantitative estimate of drug-likeness (QED) is 0.821. The van der Waals surface area contributed by atoms with Crippen LogP contribution in [0.5, 0.6) is 11.5 Å². The standard InChI is InChI=1S/C16H19NO6/c18-8-12-5-10(17-21)6-15(23-12)22-11-4-9-2-1-3-13(19)16(9)14(20)7-11/h4,7,10,12,15,18,20H,1-3,5-6,8H2/t10-,12-,15+/m0/s1. The van der Waals surface area contributed by atoms with E-state index in [1.807, 2.05) is 0 Å². The second-order valence-corrected chi connectivity index (χ2v) is 5.97. The molecule has 1 saturated heterocycles. The number of ketones is 1. The minimum Gasteiger partial charge on any atom is -0.507 e. The highest BCUT2D eigenvalue weighted by Crippen LogP contribution is 2.34. The number of aliphatic hydroxyl groups excluding tert-OH is 1. The Hall–Kier alpha value is -1.99. The Labute approximate surface area is 133 Å². The maximum absolute atomic E-state index is 11.9. The summed E-state index contributed by atoms with van der Waals surface area (Å²) in [5.74, 6) is 0.223. The second kappa shape index (κ2) is 6.64. The van der Waals surface area contributed by atoms with Crippen LogP contribution < -0.4 is 4.74 Å². The number of nitrogens with zero attached hydrogens (tertiary/aromatic N) is 1. The van der Waals surface area contributed by atoms with Gasteiger partial charge in [0.15, 0.2) is 5.78 Å². The number of hydrogen-bond acceptors (Lipinski definition) is 7.